The minimum atomic E-state index is -2.09. The first-order valence-corrected chi connectivity index (χ1v) is 10.4. The van der Waals surface area contributed by atoms with Crippen LogP contribution in [0.1, 0.15) is 29.8 Å². The molecule has 1 aromatic carbocycles. The van der Waals surface area contributed by atoms with Crippen molar-refractivity contribution >= 4 is 19.2 Å². The number of hydrogen-bond donors (Lipinski definition) is 0. The Kier molecular flexibility index (Phi) is 5.45. The normalized spacial score (nSPS) is 11.6. The van der Waals surface area contributed by atoms with Crippen LogP contribution in [0.15, 0.2) is 12.1 Å². The molecule has 20 heavy (non-hydrogen) atoms. The van der Waals surface area contributed by atoms with Crippen LogP contribution in [0.3, 0.4) is 0 Å². The number of alkyl halides is 1. The Bertz CT molecular complexity index is 493. The second-order valence-electron chi connectivity index (χ2n) is 5.82. The van der Waals surface area contributed by atoms with Gasteiger partial charge < -0.3 is 4.90 Å². The van der Waals surface area contributed by atoms with Crippen molar-refractivity contribution in [3.8, 4) is 0 Å². The first-order valence-electron chi connectivity index (χ1n) is 6.94. The maximum atomic E-state index is 14.2. The highest BCUT2D eigenvalue weighted by Gasteiger charge is 2.30. The van der Waals surface area contributed by atoms with Gasteiger partial charge in [0.25, 0.3) is 5.91 Å². The van der Waals surface area contributed by atoms with E-state index in [0.717, 1.165) is 0 Å². The molecule has 0 radical (unpaired) electrons. The molecule has 1 aromatic rings. The zero-order valence-electron chi connectivity index (χ0n) is 12.9. The van der Waals surface area contributed by atoms with E-state index >= 15 is 0 Å². The summed E-state index contributed by atoms with van der Waals surface area (Å²) in [5.41, 5.74) is 0.538. The molecule has 0 unspecified atom stereocenters. The first kappa shape index (κ1) is 16.8. The highest BCUT2D eigenvalue weighted by atomic mass is 28.3. The van der Waals surface area contributed by atoms with Crippen LogP contribution >= 0.6 is 0 Å². The summed E-state index contributed by atoms with van der Waals surface area (Å²) < 4.78 is 27.5. The van der Waals surface area contributed by atoms with E-state index in [-0.39, 0.29) is 11.5 Å². The molecule has 0 bridgehead atoms. The maximum absolute atomic E-state index is 14.2. The highest BCUT2D eigenvalue weighted by molar-refractivity contribution is 6.89. The molecular formula is C15H23F2NOSi. The van der Waals surface area contributed by atoms with Crippen molar-refractivity contribution in [1.82, 2.24) is 4.90 Å². The molecule has 2 nitrogen and oxygen atoms in total. The zero-order valence-corrected chi connectivity index (χ0v) is 13.9. The topological polar surface area (TPSA) is 20.3 Å². The average molecular weight is 299 g/mol. The van der Waals surface area contributed by atoms with Gasteiger partial charge >= 0.3 is 0 Å². The number of carbonyl (C=O) groups excluding carboxylic acids is 1. The second-order valence-corrected chi connectivity index (χ2v) is 10.8. The predicted molar refractivity (Wildman–Crippen MR) is 81.4 cm³/mol. The fourth-order valence-corrected chi connectivity index (χ4v) is 4.20. The van der Waals surface area contributed by atoms with Crippen LogP contribution in [0.25, 0.3) is 0 Å². The molecule has 0 heterocycles. The molecule has 0 aliphatic heterocycles. The van der Waals surface area contributed by atoms with Crippen LogP contribution in [-0.4, -0.2) is 32.0 Å². The summed E-state index contributed by atoms with van der Waals surface area (Å²) in [7, 11) is -2.09. The molecule has 112 valence electrons. The first-order chi connectivity index (χ1) is 9.27. The summed E-state index contributed by atoms with van der Waals surface area (Å²) in [5, 5.41) is 0.435. The van der Waals surface area contributed by atoms with Gasteiger partial charge in [-0.2, -0.15) is 0 Å². The fourth-order valence-electron chi connectivity index (χ4n) is 2.38. The van der Waals surface area contributed by atoms with E-state index in [0.29, 0.717) is 23.8 Å². The summed E-state index contributed by atoms with van der Waals surface area (Å²) in [6, 6.07) is 2.66. The lowest BCUT2D eigenvalue weighted by Crippen LogP contribution is -2.47. The molecule has 0 aromatic heterocycles. The standard InChI is InChI=1S/C15H23F2NOSi/c1-6-18(7-2)15(19)13-11(10-16)8-9-12(17)14(13)20(3,4)5/h8-9H,6-7,10H2,1-5H3. The molecule has 0 aliphatic rings. The van der Waals surface area contributed by atoms with Crippen LogP contribution in [0, 0.1) is 5.82 Å². The Morgan fingerprint density at radius 1 is 1.20 bits per heavy atom. The van der Waals surface area contributed by atoms with Crippen LogP contribution in [0.2, 0.25) is 19.6 Å². The maximum Gasteiger partial charge on any atom is 0.254 e. The number of nitrogens with zero attached hydrogens (tertiary/aromatic N) is 1. The zero-order chi connectivity index (χ0) is 15.5. The van der Waals surface area contributed by atoms with Crippen LogP contribution in [-0.2, 0) is 6.67 Å². The largest absolute Gasteiger partial charge is 0.339 e. The van der Waals surface area contributed by atoms with Crippen molar-refractivity contribution in [2.24, 2.45) is 0 Å². The Hall–Kier alpha value is -1.23. The van der Waals surface area contributed by atoms with E-state index in [1.807, 2.05) is 33.5 Å². The average Bonchev–Trinajstić information content (AvgIpc) is 2.38. The van der Waals surface area contributed by atoms with Crippen LogP contribution in [0.4, 0.5) is 8.78 Å². The van der Waals surface area contributed by atoms with Crippen LogP contribution in [0.5, 0.6) is 0 Å². The van der Waals surface area contributed by atoms with E-state index in [1.165, 1.54) is 12.1 Å². The van der Waals surface area contributed by atoms with Gasteiger partial charge in [-0.1, -0.05) is 25.7 Å². The molecular weight excluding hydrogens is 276 g/mol. The van der Waals surface area contributed by atoms with Crippen molar-refractivity contribution < 1.29 is 13.6 Å². The van der Waals surface area contributed by atoms with E-state index in [4.69, 9.17) is 0 Å². The summed E-state index contributed by atoms with van der Waals surface area (Å²) in [6.45, 7) is 9.94. The number of benzene rings is 1. The molecule has 0 atom stereocenters. The van der Waals surface area contributed by atoms with Crippen molar-refractivity contribution in [3.63, 3.8) is 0 Å². The minimum Gasteiger partial charge on any atom is -0.339 e. The summed E-state index contributed by atoms with van der Waals surface area (Å²) >= 11 is 0. The number of amides is 1. The van der Waals surface area contributed by atoms with Crippen molar-refractivity contribution in [1.29, 1.82) is 0 Å². The molecule has 0 fully saturated rings. The number of carbonyl (C=O) groups is 1. The van der Waals surface area contributed by atoms with Crippen molar-refractivity contribution in [3.05, 3.63) is 29.1 Å². The minimum absolute atomic E-state index is 0.246. The SMILES string of the molecule is CCN(CC)C(=O)c1c(CF)ccc(F)c1[Si](C)(C)C. The summed E-state index contributed by atoms with van der Waals surface area (Å²) in [6.07, 6.45) is 0. The van der Waals surface area contributed by atoms with Crippen molar-refractivity contribution in [2.75, 3.05) is 13.1 Å². The van der Waals surface area contributed by atoms with Crippen LogP contribution < -0.4 is 5.19 Å². The van der Waals surface area contributed by atoms with Gasteiger partial charge in [0.15, 0.2) is 0 Å². The second kappa shape index (κ2) is 6.48. The van der Waals surface area contributed by atoms with Gasteiger partial charge in [0.2, 0.25) is 0 Å². The van der Waals surface area contributed by atoms with E-state index in [2.05, 4.69) is 0 Å². The van der Waals surface area contributed by atoms with E-state index < -0.39 is 20.6 Å². The third-order valence-corrected chi connectivity index (χ3v) is 5.39. The molecule has 5 heteroatoms. The van der Waals surface area contributed by atoms with Gasteiger partial charge in [-0.25, -0.2) is 8.78 Å². The number of hydrogen-bond acceptors (Lipinski definition) is 1. The number of rotatable bonds is 5. The Morgan fingerprint density at radius 3 is 2.15 bits per heavy atom. The van der Waals surface area contributed by atoms with Crippen molar-refractivity contribution in [2.45, 2.75) is 40.2 Å². The molecule has 0 saturated carbocycles. The Balaban J connectivity index is 3.57. The summed E-state index contributed by atoms with van der Waals surface area (Å²) in [5.74, 6) is -0.656. The smallest absolute Gasteiger partial charge is 0.254 e. The Labute approximate surface area is 120 Å². The monoisotopic (exact) mass is 299 g/mol. The third kappa shape index (κ3) is 3.26. The lowest BCUT2D eigenvalue weighted by atomic mass is 10.1. The Morgan fingerprint density at radius 2 is 1.75 bits per heavy atom. The predicted octanol–water partition coefficient (Wildman–Crippen LogP) is 3.32. The molecule has 1 rings (SSSR count). The molecule has 0 spiro atoms. The number of halogens is 2. The highest BCUT2D eigenvalue weighted by Crippen LogP contribution is 2.18. The molecule has 0 saturated heterocycles. The third-order valence-electron chi connectivity index (χ3n) is 3.40. The van der Waals surface area contributed by atoms with Gasteiger partial charge in [-0.05, 0) is 30.7 Å². The summed E-state index contributed by atoms with van der Waals surface area (Å²) in [4.78, 5) is 14.2. The van der Waals surface area contributed by atoms with Gasteiger partial charge in [0, 0.05) is 18.7 Å². The molecule has 0 aliphatic carbocycles. The lowest BCUT2D eigenvalue weighted by Gasteiger charge is -2.27. The fraction of sp³-hybridized carbons (Fsp3) is 0.533. The molecule has 1 amide bonds. The van der Waals surface area contributed by atoms with Gasteiger partial charge in [0.1, 0.15) is 12.5 Å². The van der Waals surface area contributed by atoms with Gasteiger partial charge in [-0.3, -0.25) is 4.79 Å². The molecule has 0 N–H and O–H groups in total. The van der Waals surface area contributed by atoms with E-state index in [1.54, 1.807) is 4.90 Å². The lowest BCUT2D eigenvalue weighted by molar-refractivity contribution is 0.0772. The quantitative estimate of drug-likeness (QED) is 0.764. The van der Waals surface area contributed by atoms with Gasteiger partial charge in [-0.15, -0.1) is 0 Å². The van der Waals surface area contributed by atoms with E-state index in [9.17, 15) is 13.6 Å². The van der Waals surface area contributed by atoms with Gasteiger partial charge in [0.05, 0.1) is 8.07 Å².